The smallest absolute Gasteiger partial charge is 0.118 e. The first kappa shape index (κ1) is 15.1. The van der Waals surface area contributed by atoms with E-state index in [1.807, 2.05) is 12.1 Å². The van der Waals surface area contributed by atoms with E-state index in [1.54, 1.807) is 7.11 Å². The lowest BCUT2D eigenvalue weighted by Gasteiger charge is -2.15. The summed E-state index contributed by atoms with van der Waals surface area (Å²) in [5.41, 5.74) is 10.0. The first-order valence-electron chi connectivity index (χ1n) is 6.74. The van der Waals surface area contributed by atoms with Crippen LogP contribution >= 0.6 is 15.9 Å². The highest BCUT2D eigenvalue weighted by Gasteiger charge is 2.10. The van der Waals surface area contributed by atoms with Crippen molar-refractivity contribution in [3.8, 4) is 5.75 Å². The third-order valence-electron chi connectivity index (χ3n) is 3.45. The lowest BCUT2D eigenvalue weighted by atomic mass is 9.98. The summed E-state index contributed by atoms with van der Waals surface area (Å²) in [6.45, 7) is 2.09. The average Bonchev–Trinajstić information content (AvgIpc) is 2.47. The topological polar surface area (TPSA) is 35.2 Å². The highest BCUT2D eigenvalue weighted by molar-refractivity contribution is 9.10. The SMILES string of the molecule is COc1ccc(CCC(N)c2cc(C)ccc2Br)cc1. The number of nitrogens with two attached hydrogens (primary N) is 1. The van der Waals surface area contributed by atoms with Gasteiger partial charge in [-0.2, -0.15) is 0 Å². The number of rotatable bonds is 5. The second-order valence-corrected chi connectivity index (χ2v) is 5.87. The Morgan fingerprint density at radius 2 is 1.85 bits per heavy atom. The van der Waals surface area contributed by atoms with Crippen molar-refractivity contribution in [1.29, 1.82) is 0 Å². The molecule has 0 aliphatic carbocycles. The predicted molar refractivity (Wildman–Crippen MR) is 87.1 cm³/mol. The maximum atomic E-state index is 6.31. The van der Waals surface area contributed by atoms with E-state index in [-0.39, 0.29) is 6.04 Å². The Morgan fingerprint density at radius 1 is 1.15 bits per heavy atom. The zero-order chi connectivity index (χ0) is 14.5. The van der Waals surface area contributed by atoms with E-state index in [0.717, 1.165) is 23.1 Å². The highest BCUT2D eigenvalue weighted by Crippen LogP contribution is 2.26. The number of methoxy groups -OCH3 is 1. The minimum Gasteiger partial charge on any atom is -0.497 e. The Hall–Kier alpha value is -1.32. The lowest BCUT2D eigenvalue weighted by Crippen LogP contribution is -2.12. The summed E-state index contributed by atoms with van der Waals surface area (Å²) in [4.78, 5) is 0. The molecule has 0 saturated heterocycles. The molecule has 0 heterocycles. The third-order valence-corrected chi connectivity index (χ3v) is 4.18. The van der Waals surface area contributed by atoms with E-state index in [2.05, 4.69) is 53.2 Å². The van der Waals surface area contributed by atoms with Crippen molar-refractivity contribution < 1.29 is 4.74 Å². The monoisotopic (exact) mass is 333 g/mol. The second kappa shape index (κ2) is 6.91. The fraction of sp³-hybridized carbons (Fsp3) is 0.294. The van der Waals surface area contributed by atoms with Gasteiger partial charge in [0.25, 0.3) is 0 Å². The van der Waals surface area contributed by atoms with Crippen molar-refractivity contribution >= 4 is 15.9 Å². The maximum Gasteiger partial charge on any atom is 0.118 e. The Labute approximate surface area is 129 Å². The quantitative estimate of drug-likeness (QED) is 0.880. The summed E-state index contributed by atoms with van der Waals surface area (Å²) < 4.78 is 6.25. The molecule has 0 aliphatic rings. The van der Waals surface area contributed by atoms with Crippen LogP contribution in [0.25, 0.3) is 0 Å². The minimum atomic E-state index is 0.0476. The molecule has 2 aromatic carbocycles. The van der Waals surface area contributed by atoms with Crippen LogP contribution in [0.2, 0.25) is 0 Å². The van der Waals surface area contributed by atoms with E-state index in [0.29, 0.717) is 0 Å². The van der Waals surface area contributed by atoms with Crippen LogP contribution in [0, 0.1) is 6.92 Å². The number of halogens is 1. The van der Waals surface area contributed by atoms with Crippen molar-refractivity contribution in [2.45, 2.75) is 25.8 Å². The molecule has 106 valence electrons. The molecule has 2 nitrogen and oxygen atoms in total. The number of hydrogen-bond donors (Lipinski definition) is 1. The molecule has 3 heteroatoms. The van der Waals surface area contributed by atoms with Crippen LogP contribution < -0.4 is 10.5 Å². The summed E-state index contributed by atoms with van der Waals surface area (Å²) >= 11 is 3.58. The van der Waals surface area contributed by atoms with Gasteiger partial charge in [0.05, 0.1) is 7.11 Å². The number of aryl methyl sites for hydroxylation is 2. The Bertz CT molecular complexity index is 566. The van der Waals surface area contributed by atoms with E-state index in [1.165, 1.54) is 16.7 Å². The van der Waals surface area contributed by atoms with Gasteiger partial charge in [-0.3, -0.25) is 0 Å². The van der Waals surface area contributed by atoms with Crippen LogP contribution in [-0.2, 0) is 6.42 Å². The van der Waals surface area contributed by atoms with Gasteiger partial charge >= 0.3 is 0 Å². The van der Waals surface area contributed by atoms with Gasteiger partial charge in [-0.15, -0.1) is 0 Å². The molecule has 0 radical (unpaired) electrons. The molecule has 2 aromatic rings. The average molecular weight is 334 g/mol. The van der Waals surface area contributed by atoms with Crippen molar-refractivity contribution in [1.82, 2.24) is 0 Å². The molecular weight excluding hydrogens is 314 g/mol. The van der Waals surface area contributed by atoms with Crippen LogP contribution in [0.15, 0.2) is 46.9 Å². The zero-order valence-electron chi connectivity index (χ0n) is 11.9. The van der Waals surface area contributed by atoms with Gasteiger partial charge in [0.1, 0.15) is 5.75 Å². The lowest BCUT2D eigenvalue weighted by molar-refractivity contribution is 0.414. The van der Waals surface area contributed by atoms with Crippen molar-refractivity contribution in [2.75, 3.05) is 7.11 Å². The number of benzene rings is 2. The van der Waals surface area contributed by atoms with Crippen molar-refractivity contribution in [2.24, 2.45) is 5.73 Å². The normalized spacial score (nSPS) is 12.2. The first-order valence-corrected chi connectivity index (χ1v) is 7.54. The van der Waals surface area contributed by atoms with Crippen molar-refractivity contribution in [3.05, 3.63) is 63.6 Å². The van der Waals surface area contributed by atoms with Crippen LogP contribution in [0.5, 0.6) is 5.75 Å². The molecule has 0 fully saturated rings. The molecule has 0 spiro atoms. The van der Waals surface area contributed by atoms with E-state index < -0.39 is 0 Å². The van der Waals surface area contributed by atoms with E-state index in [9.17, 15) is 0 Å². The highest BCUT2D eigenvalue weighted by atomic mass is 79.9. The molecule has 2 N–H and O–H groups in total. The second-order valence-electron chi connectivity index (χ2n) is 5.02. The summed E-state index contributed by atoms with van der Waals surface area (Å²) in [6, 6.07) is 14.5. The predicted octanol–water partition coefficient (Wildman–Crippen LogP) is 4.40. The minimum absolute atomic E-state index is 0.0476. The zero-order valence-corrected chi connectivity index (χ0v) is 13.5. The summed E-state index contributed by atoms with van der Waals surface area (Å²) in [6.07, 6.45) is 1.89. The van der Waals surface area contributed by atoms with E-state index in [4.69, 9.17) is 10.5 Å². The largest absolute Gasteiger partial charge is 0.497 e. The maximum absolute atomic E-state index is 6.31. The summed E-state index contributed by atoms with van der Waals surface area (Å²) in [5.74, 6) is 0.888. The molecule has 0 amide bonds. The van der Waals surface area contributed by atoms with Gasteiger partial charge < -0.3 is 10.5 Å². The van der Waals surface area contributed by atoms with Gasteiger partial charge in [-0.1, -0.05) is 45.8 Å². The standard InChI is InChI=1S/C17H20BrNO/c1-12-3-9-16(18)15(11-12)17(19)10-6-13-4-7-14(20-2)8-5-13/h3-5,7-9,11,17H,6,10,19H2,1-2H3. The Balaban J connectivity index is 2.00. The molecule has 0 bridgehead atoms. The first-order chi connectivity index (χ1) is 9.60. The molecule has 20 heavy (non-hydrogen) atoms. The van der Waals surface area contributed by atoms with Crippen LogP contribution in [0.3, 0.4) is 0 Å². The van der Waals surface area contributed by atoms with Crippen molar-refractivity contribution in [3.63, 3.8) is 0 Å². The molecule has 0 saturated carbocycles. The van der Waals surface area contributed by atoms with E-state index >= 15 is 0 Å². The fourth-order valence-electron chi connectivity index (χ4n) is 2.22. The number of hydrogen-bond acceptors (Lipinski definition) is 2. The molecule has 1 atom stereocenters. The van der Waals surface area contributed by atoms with Gasteiger partial charge in [0.15, 0.2) is 0 Å². The molecule has 2 rings (SSSR count). The third kappa shape index (κ3) is 3.84. The molecule has 0 aromatic heterocycles. The van der Waals surface area contributed by atoms with Gasteiger partial charge in [-0.25, -0.2) is 0 Å². The molecular formula is C17H20BrNO. The fourth-order valence-corrected chi connectivity index (χ4v) is 2.76. The molecule has 1 unspecified atom stereocenters. The summed E-state index contributed by atoms with van der Waals surface area (Å²) in [5, 5.41) is 0. The molecule has 0 aliphatic heterocycles. The van der Waals surface area contributed by atoms with Gasteiger partial charge in [0, 0.05) is 10.5 Å². The van der Waals surface area contributed by atoms with Gasteiger partial charge in [-0.05, 0) is 49.1 Å². The van der Waals surface area contributed by atoms with Crippen LogP contribution in [0.1, 0.15) is 29.2 Å². The Morgan fingerprint density at radius 3 is 2.50 bits per heavy atom. The summed E-state index contributed by atoms with van der Waals surface area (Å²) in [7, 11) is 1.68. The Kier molecular flexibility index (Phi) is 5.21. The number of ether oxygens (including phenoxy) is 1. The van der Waals surface area contributed by atoms with Crippen LogP contribution in [-0.4, -0.2) is 7.11 Å². The van der Waals surface area contributed by atoms with Gasteiger partial charge in [0.2, 0.25) is 0 Å². The van der Waals surface area contributed by atoms with Crippen LogP contribution in [0.4, 0.5) is 0 Å².